The van der Waals surface area contributed by atoms with Crippen molar-refractivity contribution in [1.82, 2.24) is 0 Å². The van der Waals surface area contributed by atoms with E-state index in [9.17, 15) is 14.3 Å². The summed E-state index contributed by atoms with van der Waals surface area (Å²) in [6, 6.07) is 18.9. The molecule has 128 valence electrons. The number of carbonyl (C=O) groups is 1. The van der Waals surface area contributed by atoms with Crippen LogP contribution >= 0.6 is 0 Å². The number of anilines is 1. The SMILES string of the molecule is O=C(Nc1cccc(F)c1)C1=Cc2ccc(-c3ccc(O)cc3)cc2C1. The van der Waals surface area contributed by atoms with Crippen molar-refractivity contribution in [2.24, 2.45) is 0 Å². The van der Waals surface area contributed by atoms with Crippen LogP contribution in [0.5, 0.6) is 5.75 Å². The summed E-state index contributed by atoms with van der Waals surface area (Å²) in [5.74, 6) is -0.379. The molecule has 0 spiro atoms. The van der Waals surface area contributed by atoms with Gasteiger partial charge in [-0.1, -0.05) is 36.4 Å². The third kappa shape index (κ3) is 3.22. The van der Waals surface area contributed by atoms with E-state index in [0.29, 0.717) is 17.7 Å². The Kier molecular flexibility index (Phi) is 4.01. The molecule has 0 aliphatic heterocycles. The van der Waals surface area contributed by atoms with Gasteiger partial charge in [0.25, 0.3) is 5.91 Å². The molecule has 0 heterocycles. The predicted octanol–water partition coefficient (Wildman–Crippen LogP) is 4.78. The van der Waals surface area contributed by atoms with Gasteiger partial charge >= 0.3 is 0 Å². The molecular weight excluding hydrogens is 329 g/mol. The first kappa shape index (κ1) is 16.1. The standard InChI is InChI=1S/C22H16FNO2/c23-19-2-1-3-20(13-19)24-22(26)18-11-16-5-4-15(10-17(16)12-18)14-6-8-21(25)9-7-14/h1-11,13,25H,12H2,(H,24,26). The molecule has 0 fully saturated rings. The van der Waals surface area contributed by atoms with Crippen molar-refractivity contribution < 1.29 is 14.3 Å². The van der Waals surface area contributed by atoms with Crippen LogP contribution in [-0.2, 0) is 11.2 Å². The molecule has 1 amide bonds. The van der Waals surface area contributed by atoms with E-state index in [1.807, 2.05) is 30.3 Å². The molecule has 1 aliphatic rings. The molecule has 0 unspecified atom stereocenters. The fraction of sp³-hybridized carbons (Fsp3) is 0.0455. The van der Waals surface area contributed by atoms with Gasteiger partial charge in [0.1, 0.15) is 11.6 Å². The van der Waals surface area contributed by atoms with Crippen molar-refractivity contribution >= 4 is 17.7 Å². The van der Waals surface area contributed by atoms with Gasteiger partial charge in [-0.15, -0.1) is 0 Å². The molecule has 4 rings (SSSR count). The van der Waals surface area contributed by atoms with Crippen LogP contribution in [0.4, 0.5) is 10.1 Å². The average molecular weight is 345 g/mol. The Bertz CT molecular complexity index is 1020. The van der Waals surface area contributed by atoms with Crippen LogP contribution in [0.1, 0.15) is 11.1 Å². The first-order chi connectivity index (χ1) is 12.6. The summed E-state index contributed by atoms with van der Waals surface area (Å²) in [4.78, 5) is 12.5. The number of aromatic hydroxyl groups is 1. The highest BCUT2D eigenvalue weighted by molar-refractivity contribution is 6.08. The van der Waals surface area contributed by atoms with Gasteiger partial charge in [-0.3, -0.25) is 4.79 Å². The van der Waals surface area contributed by atoms with Crippen molar-refractivity contribution in [3.8, 4) is 16.9 Å². The van der Waals surface area contributed by atoms with Gasteiger partial charge in [-0.2, -0.15) is 0 Å². The Morgan fingerprint density at radius 2 is 1.73 bits per heavy atom. The van der Waals surface area contributed by atoms with Crippen LogP contribution in [0.25, 0.3) is 17.2 Å². The van der Waals surface area contributed by atoms with Gasteiger partial charge in [0.15, 0.2) is 0 Å². The summed E-state index contributed by atoms with van der Waals surface area (Å²) in [7, 11) is 0. The minimum atomic E-state index is -0.384. The molecule has 4 heteroatoms. The minimum Gasteiger partial charge on any atom is -0.508 e. The maximum Gasteiger partial charge on any atom is 0.251 e. The molecule has 1 aliphatic carbocycles. The number of halogens is 1. The summed E-state index contributed by atoms with van der Waals surface area (Å²) in [6.45, 7) is 0. The zero-order chi connectivity index (χ0) is 18.1. The van der Waals surface area contributed by atoms with E-state index < -0.39 is 0 Å². The number of nitrogens with one attached hydrogen (secondary N) is 1. The zero-order valence-electron chi connectivity index (χ0n) is 13.9. The van der Waals surface area contributed by atoms with Crippen molar-refractivity contribution in [2.45, 2.75) is 6.42 Å². The van der Waals surface area contributed by atoms with E-state index >= 15 is 0 Å². The summed E-state index contributed by atoms with van der Waals surface area (Å²) >= 11 is 0. The van der Waals surface area contributed by atoms with E-state index in [2.05, 4.69) is 11.4 Å². The largest absolute Gasteiger partial charge is 0.508 e. The van der Waals surface area contributed by atoms with Gasteiger partial charge < -0.3 is 10.4 Å². The Labute approximate surface area is 150 Å². The molecule has 0 saturated carbocycles. The van der Waals surface area contributed by atoms with E-state index in [4.69, 9.17) is 0 Å². The lowest BCUT2D eigenvalue weighted by Gasteiger charge is -2.07. The van der Waals surface area contributed by atoms with Crippen molar-refractivity contribution in [3.05, 3.63) is 89.2 Å². The number of fused-ring (bicyclic) bond motifs is 1. The smallest absolute Gasteiger partial charge is 0.251 e. The molecule has 0 aromatic heterocycles. The monoisotopic (exact) mass is 345 g/mol. The van der Waals surface area contributed by atoms with E-state index in [0.717, 1.165) is 22.3 Å². The van der Waals surface area contributed by atoms with Crippen LogP contribution in [-0.4, -0.2) is 11.0 Å². The van der Waals surface area contributed by atoms with Gasteiger partial charge in [0.2, 0.25) is 0 Å². The third-order valence-electron chi connectivity index (χ3n) is 4.43. The molecule has 3 aromatic carbocycles. The molecule has 0 atom stereocenters. The van der Waals surface area contributed by atoms with Crippen molar-refractivity contribution in [2.75, 3.05) is 5.32 Å². The Morgan fingerprint density at radius 3 is 2.50 bits per heavy atom. The average Bonchev–Trinajstić information content (AvgIpc) is 3.06. The minimum absolute atomic E-state index is 0.224. The number of carbonyl (C=O) groups excluding carboxylic acids is 1. The molecule has 3 aromatic rings. The predicted molar refractivity (Wildman–Crippen MR) is 100 cm³/mol. The highest BCUT2D eigenvalue weighted by atomic mass is 19.1. The van der Waals surface area contributed by atoms with Crippen molar-refractivity contribution in [1.29, 1.82) is 0 Å². The number of phenolic OH excluding ortho intramolecular Hbond substituents is 1. The first-order valence-corrected chi connectivity index (χ1v) is 8.28. The highest BCUT2D eigenvalue weighted by Gasteiger charge is 2.19. The molecule has 26 heavy (non-hydrogen) atoms. The molecule has 0 radical (unpaired) electrons. The fourth-order valence-corrected chi connectivity index (χ4v) is 3.10. The summed E-state index contributed by atoms with van der Waals surface area (Å²) in [5, 5.41) is 12.2. The number of amides is 1. The summed E-state index contributed by atoms with van der Waals surface area (Å²) in [6.07, 6.45) is 2.40. The van der Waals surface area contributed by atoms with Crippen molar-refractivity contribution in [3.63, 3.8) is 0 Å². The van der Waals surface area contributed by atoms with Crippen LogP contribution in [0.3, 0.4) is 0 Å². The number of rotatable bonds is 3. The highest BCUT2D eigenvalue weighted by Crippen LogP contribution is 2.31. The summed E-state index contributed by atoms with van der Waals surface area (Å²) < 4.78 is 13.3. The quantitative estimate of drug-likeness (QED) is 0.718. The van der Waals surface area contributed by atoms with Gasteiger partial charge in [-0.05, 0) is 58.7 Å². The number of phenols is 1. The maximum absolute atomic E-state index is 13.3. The lowest BCUT2D eigenvalue weighted by Crippen LogP contribution is -2.14. The van der Waals surface area contributed by atoms with Gasteiger partial charge in [0, 0.05) is 17.7 Å². The molecule has 2 N–H and O–H groups in total. The Balaban J connectivity index is 1.52. The third-order valence-corrected chi connectivity index (χ3v) is 4.43. The second kappa shape index (κ2) is 6.48. The number of hydrogen-bond donors (Lipinski definition) is 2. The molecule has 0 bridgehead atoms. The second-order valence-electron chi connectivity index (χ2n) is 6.27. The topological polar surface area (TPSA) is 49.3 Å². The fourth-order valence-electron chi connectivity index (χ4n) is 3.10. The lowest BCUT2D eigenvalue weighted by atomic mass is 10.00. The normalized spacial score (nSPS) is 12.4. The summed E-state index contributed by atoms with van der Waals surface area (Å²) in [5.41, 5.74) is 5.20. The number of benzene rings is 3. The van der Waals surface area contributed by atoms with E-state index in [1.54, 1.807) is 24.3 Å². The van der Waals surface area contributed by atoms with E-state index in [1.165, 1.54) is 12.1 Å². The van der Waals surface area contributed by atoms with Crippen LogP contribution in [0.2, 0.25) is 0 Å². The zero-order valence-corrected chi connectivity index (χ0v) is 13.9. The Morgan fingerprint density at radius 1 is 0.962 bits per heavy atom. The van der Waals surface area contributed by atoms with E-state index in [-0.39, 0.29) is 17.5 Å². The second-order valence-corrected chi connectivity index (χ2v) is 6.27. The molecule has 0 saturated heterocycles. The van der Waals surface area contributed by atoms with Crippen LogP contribution in [0.15, 0.2) is 72.3 Å². The Hall–Kier alpha value is -3.40. The van der Waals surface area contributed by atoms with Gasteiger partial charge in [-0.25, -0.2) is 4.39 Å². The van der Waals surface area contributed by atoms with Crippen LogP contribution in [0, 0.1) is 5.82 Å². The maximum atomic E-state index is 13.3. The lowest BCUT2D eigenvalue weighted by molar-refractivity contribution is -0.112. The first-order valence-electron chi connectivity index (χ1n) is 8.28. The van der Waals surface area contributed by atoms with Crippen LogP contribution < -0.4 is 5.32 Å². The molecular formula is C22H16FNO2. The number of hydrogen-bond acceptors (Lipinski definition) is 2. The molecule has 3 nitrogen and oxygen atoms in total. The van der Waals surface area contributed by atoms with Gasteiger partial charge in [0.05, 0.1) is 0 Å².